The molecule has 0 spiro atoms. The van der Waals surface area contributed by atoms with Crippen LogP contribution in [0.3, 0.4) is 0 Å². The lowest BCUT2D eigenvalue weighted by molar-refractivity contribution is -0.117. The van der Waals surface area contributed by atoms with Gasteiger partial charge >= 0.3 is 0 Å². The summed E-state index contributed by atoms with van der Waals surface area (Å²) in [6, 6.07) is 10.5. The minimum atomic E-state index is 0.0278. The fourth-order valence-electron chi connectivity index (χ4n) is 3.36. The van der Waals surface area contributed by atoms with Gasteiger partial charge in [0.05, 0.1) is 23.9 Å². The number of amides is 1. The van der Waals surface area contributed by atoms with Crippen molar-refractivity contribution in [3.63, 3.8) is 0 Å². The number of para-hydroxylation sites is 1. The van der Waals surface area contributed by atoms with Crippen LogP contribution in [0.5, 0.6) is 0 Å². The highest BCUT2D eigenvalue weighted by Gasteiger charge is 2.19. The molecule has 0 saturated carbocycles. The largest absolute Gasteiger partial charge is 0.324 e. The maximum absolute atomic E-state index is 12.2. The average molecular weight is 429 g/mol. The first-order valence-corrected chi connectivity index (χ1v) is 10.8. The summed E-state index contributed by atoms with van der Waals surface area (Å²) < 4.78 is 0. The van der Waals surface area contributed by atoms with Crippen molar-refractivity contribution in [1.82, 2.24) is 15.2 Å². The molecule has 162 valence electrons. The number of aromatic nitrogens is 1. The lowest BCUT2D eigenvalue weighted by Crippen LogP contribution is -2.44. The van der Waals surface area contributed by atoms with Crippen LogP contribution in [0.15, 0.2) is 60.8 Å². The number of rotatable bonds is 7. The first-order valence-electron chi connectivity index (χ1n) is 10.4. The SMILES string of the molecule is C=CC(C)CC(=C)Cl.CNC1CCN(CC(=O)Nc2cnc3ccccc3c2)CC1. The zero-order chi connectivity index (χ0) is 21.9. The van der Waals surface area contributed by atoms with Crippen molar-refractivity contribution in [3.05, 3.63) is 60.8 Å². The van der Waals surface area contributed by atoms with E-state index in [0.717, 1.165) is 48.9 Å². The number of allylic oxidation sites excluding steroid dienone is 2. The number of benzene rings is 1. The van der Waals surface area contributed by atoms with Crippen molar-refractivity contribution >= 4 is 34.1 Å². The maximum Gasteiger partial charge on any atom is 0.238 e. The fraction of sp³-hybridized carbons (Fsp3) is 0.417. The van der Waals surface area contributed by atoms with Gasteiger partial charge in [0.25, 0.3) is 0 Å². The van der Waals surface area contributed by atoms with Crippen LogP contribution < -0.4 is 10.6 Å². The zero-order valence-corrected chi connectivity index (χ0v) is 18.8. The number of piperidine rings is 1. The number of nitrogens with one attached hydrogen (secondary N) is 2. The van der Waals surface area contributed by atoms with E-state index >= 15 is 0 Å². The molecule has 30 heavy (non-hydrogen) atoms. The molecule has 1 aromatic heterocycles. The van der Waals surface area contributed by atoms with Crippen LogP contribution in [0.4, 0.5) is 5.69 Å². The number of anilines is 1. The molecule has 1 amide bonds. The molecule has 1 aromatic carbocycles. The number of likely N-dealkylation sites (tertiary alicyclic amines) is 1. The van der Waals surface area contributed by atoms with Gasteiger partial charge in [-0.25, -0.2) is 0 Å². The predicted molar refractivity (Wildman–Crippen MR) is 128 cm³/mol. The van der Waals surface area contributed by atoms with E-state index < -0.39 is 0 Å². The highest BCUT2D eigenvalue weighted by atomic mass is 35.5. The molecule has 1 aliphatic heterocycles. The van der Waals surface area contributed by atoms with E-state index in [0.29, 0.717) is 23.5 Å². The maximum atomic E-state index is 12.2. The van der Waals surface area contributed by atoms with Gasteiger partial charge < -0.3 is 10.6 Å². The van der Waals surface area contributed by atoms with E-state index in [1.165, 1.54) is 0 Å². The smallest absolute Gasteiger partial charge is 0.238 e. The summed E-state index contributed by atoms with van der Waals surface area (Å²) >= 11 is 5.51. The number of fused-ring (bicyclic) bond motifs is 1. The second-order valence-corrected chi connectivity index (χ2v) is 8.27. The summed E-state index contributed by atoms with van der Waals surface area (Å²) in [5.74, 6) is 0.486. The lowest BCUT2D eigenvalue weighted by atomic mass is 10.1. The van der Waals surface area contributed by atoms with Gasteiger partial charge in [-0.2, -0.15) is 0 Å². The fourth-order valence-corrected chi connectivity index (χ4v) is 3.60. The van der Waals surface area contributed by atoms with Crippen molar-refractivity contribution in [3.8, 4) is 0 Å². The predicted octanol–water partition coefficient (Wildman–Crippen LogP) is 4.81. The Balaban J connectivity index is 0.000000343. The standard InChI is InChI=1S/C17H22N4O.C7H11Cl/c1-18-14-6-8-21(9-7-14)12-17(22)20-15-10-13-4-2-3-5-16(13)19-11-15;1-4-6(2)5-7(3)8/h2-5,10-11,14,18H,6-9,12H2,1H3,(H,20,22);4,6H,1,3,5H2,2H3. The third-order valence-corrected chi connectivity index (χ3v) is 5.34. The van der Waals surface area contributed by atoms with Gasteiger partial charge in [0, 0.05) is 29.5 Å². The minimum absolute atomic E-state index is 0.0278. The number of hydrogen-bond donors (Lipinski definition) is 2. The van der Waals surface area contributed by atoms with Gasteiger partial charge in [0.15, 0.2) is 0 Å². The van der Waals surface area contributed by atoms with E-state index in [-0.39, 0.29) is 5.91 Å². The molecular weight excluding hydrogens is 396 g/mol. The molecule has 1 saturated heterocycles. The topological polar surface area (TPSA) is 57.3 Å². The Labute approximate surface area is 185 Å². The molecular formula is C24H33ClN4O. The van der Waals surface area contributed by atoms with Crippen molar-refractivity contribution in [2.45, 2.75) is 32.2 Å². The molecule has 2 heterocycles. The second-order valence-electron chi connectivity index (χ2n) is 7.74. The van der Waals surface area contributed by atoms with Crippen LogP contribution in [-0.4, -0.2) is 48.5 Å². The summed E-state index contributed by atoms with van der Waals surface area (Å²) in [6.07, 6.45) is 6.62. The van der Waals surface area contributed by atoms with Gasteiger partial charge in [0.1, 0.15) is 0 Å². The highest BCUT2D eigenvalue weighted by Crippen LogP contribution is 2.16. The lowest BCUT2D eigenvalue weighted by Gasteiger charge is -2.31. The Bertz CT molecular complexity index is 846. The molecule has 1 unspecified atom stereocenters. The Hall–Kier alpha value is -2.21. The number of carbonyl (C=O) groups excluding carboxylic acids is 1. The summed E-state index contributed by atoms with van der Waals surface area (Å²) in [6.45, 7) is 11.6. The third-order valence-electron chi connectivity index (χ3n) is 5.18. The number of hydrogen-bond acceptors (Lipinski definition) is 4. The van der Waals surface area contributed by atoms with Crippen LogP contribution >= 0.6 is 11.6 Å². The first-order chi connectivity index (χ1) is 14.4. The molecule has 1 aliphatic rings. The number of carbonyl (C=O) groups is 1. The molecule has 0 aliphatic carbocycles. The van der Waals surface area contributed by atoms with Gasteiger partial charge in [-0.1, -0.05) is 49.4 Å². The Morgan fingerprint density at radius 3 is 2.67 bits per heavy atom. The van der Waals surface area contributed by atoms with Crippen LogP contribution in [-0.2, 0) is 4.79 Å². The van der Waals surface area contributed by atoms with E-state index in [4.69, 9.17) is 11.6 Å². The molecule has 0 bridgehead atoms. The molecule has 5 nitrogen and oxygen atoms in total. The Morgan fingerprint density at radius 1 is 1.37 bits per heavy atom. The quantitative estimate of drug-likeness (QED) is 0.621. The van der Waals surface area contributed by atoms with Crippen molar-refractivity contribution in [2.24, 2.45) is 5.92 Å². The molecule has 2 N–H and O–H groups in total. The van der Waals surface area contributed by atoms with Crippen LogP contribution in [0.25, 0.3) is 10.9 Å². The summed E-state index contributed by atoms with van der Waals surface area (Å²) in [7, 11) is 2.00. The normalized spacial score (nSPS) is 15.7. The first kappa shape index (κ1) is 24.1. The second kappa shape index (κ2) is 12.5. The van der Waals surface area contributed by atoms with Gasteiger partial charge in [-0.05, 0) is 44.4 Å². The number of nitrogens with zero attached hydrogens (tertiary/aromatic N) is 2. The molecule has 1 fully saturated rings. The summed E-state index contributed by atoms with van der Waals surface area (Å²) in [5.41, 5.74) is 1.70. The van der Waals surface area contributed by atoms with Gasteiger partial charge in [0.2, 0.25) is 5.91 Å². The Kier molecular flexibility index (Phi) is 10.0. The number of pyridine rings is 1. The molecule has 3 rings (SSSR count). The zero-order valence-electron chi connectivity index (χ0n) is 18.0. The van der Waals surface area contributed by atoms with Crippen LogP contribution in [0.1, 0.15) is 26.2 Å². The van der Waals surface area contributed by atoms with Crippen molar-refractivity contribution in [2.75, 3.05) is 32.0 Å². The van der Waals surface area contributed by atoms with E-state index in [1.54, 1.807) is 6.20 Å². The van der Waals surface area contributed by atoms with Crippen LogP contribution in [0, 0.1) is 5.92 Å². The van der Waals surface area contributed by atoms with E-state index in [9.17, 15) is 4.79 Å². The van der Waals surface area contributed by atoms with E-state index in [2.05, 4.69) is 40.6 Å². The Morgan fingerprint density at radius 2 is 2.07 bits per heavy atom. The van der Waals surface area contributed by atoms with Crippen LogP contribution in [0.2, 0.25) is 0 Å². The number of halogens is 1. The van der Waals surface area contributed by atoms with E-state index in [1.807, 2.05) is 43.5 Å². The van der Waals surface area contributed by atoms with Crippen molar-refractivity contribution < 1.29 is 4.79 Å². The highest BCUT2D eigenvalue weighted by molar-refractivity contribution is 6.29. The molecule has 6 heteroatoms. The van der Waals surface area contributed by atoms with Gasteiger partial charge in [-0.15, -0.1) is 6.58 Å². The van der Waals surface area contributed by atoms with Crippen molar-refractivity contribution in [1.29, 1.82) is 0 Å². The third kappa shape index (κ3) is 8.27. The summed E-state index contributed by atoms with van der Waals surface area (Å²) in [5, 5.41) is 7.99. The molecule has 2 aromatic rings. The summed E-state index contributed by atoms with van der Waals surface area (Å²) in [4.78, 5) is 18.7. The van der Waals surface area contributed by atoms with Gasteiger partial charge in [-0.3, -0.25) is 14.7 Å². The minimum Gasteiger partial charge on any atom is -0.324 e. The monoisotopic (exact) mass is 428 g/mol. The molecule has 0 radical (unpaired) electrons. The molecule has 1 atom stereocenters. The average Bonchev–Trinajstić information content (AvgIpc) is 2.74.